The highest BCUT2D eigenvalue weighted by atomic mass is 17.0. The van der Waals surface area contributed by atoms with Gasteiger partial charge in [-0.05, 0) is 46.1 Å². The summed E-state index contributed by atoms with van der Waals surface area (Å²) in [6.45, 7) is 13.5. The number of hydrogen-bond acceptors (Lipinski definition) is 2. The second kappa shape index (κ2) is 5.92. The molecule has 0 N–H and O–H groups in total. The van der Waals surface area contributed by atoms with Crippen molar-refractivity contribution < 1.29 is 9.15 Å². The molecule has 2 heteroatoms. The molecule has 0 saturated heterocycles. The Labute approximate surface area is 138 Å². The van der Waals surface area contributed by atoms with Gasteiger partial charge in [0.25, 0.3) is 0 Å². The Kier molecular flexibility index (Phi) is 4.09. The molecule has 23 heavy (non-hydrogen) atoms. The monoisotopic (exact) mass is 310 g/mol. The van der Waals surface area contributed by atoms with Gasteiger partial charge in [-0.3, -0.25) is 9.15 Å². The van der Waals surface area contributed by atoms with Crippen molar-refractivity contribution in [3.8, 4) is 11.1 Å². The van der Waals surface area contributed by atoms with E-state index < -0.39 is 0 Å². The van der Waals surface area contributed by atoms with Crippen molar-refractivity contribution in [2.24, 2.45) is 0 Å². The minimum Gasteiger partial charge on any atom is -0.286 e. The lowest BCUT2D eigenvalue weighted by Gasteiger charge is -2.23. The second-order valence-electron chi connectivity index (χ2n) is 7.30. The van der Waals surface area contributed by atoms with Crippen LogP contribution in [0.4, 0.5) is 0 Å². The van der Waals surface area contributed by atoms with Crippen molar-refractivity contribution in [1.29, 1.82) is 0 Å². The Morgan fingerprint density at radius 1 is 0.609 bits per heavy atom. The predicted octanol–water partition coefficient (Wildman–Crippen LogP) is 7.06. The van der Waals surface area contributed by atoms with Crippen LogP contribution in [-0.4, -0.2) is 0 Å². The fourth-order valence-corrected chi connectivity index (χ4v) is 3.36. The van der Waals surface area contributed by atoms with Gasteiger partial charge in [-0.15, -0.1) is 0 Å². The Balaban J connectivity index is 2.41. The van der Waals surface area contributed by atoms with Crippen molar-refractivity contribution in [2.45, 2.75) is 59.3 Å². The predicted molar refractivity (Wildman–Crippen MR) is 96.2 cm³/mol. The highest BCUT2D eigenvalue weighted by Crippen LogP contribution is 2.44. The largest absolute Gasteiger partial charge is 0.286 e. The van der Waals surface area contributed by atoms with Crippen LogP contribution in [0.3, 0.4) is 0 Å². The zero-order chi connectivity index (χ0) is 16.7. The molecule has 0 saturated carbocycles. The first-order valence-electron chi connectivity index (χ1n) is 8.56. The molecule has 3 rings (SSSR count). The van der Waals surface area contributed by atoms with Crippen molar-refractivity contribution in [2.75, 3.05) is 0 Å². The molecule has 0 amide bonds. The average molecular weight is 310 g/mol. The Morgan fingerprint density at radius 3 is 1.57 bits per heavy atom. The molecule has 0 aliphatic heterocycles. The number of fused-ring (bicyclic) bond motifs is 1. The first-order chi connectivity index (χ1) is 10.9. The number of benzene rings is 2. The lowest BCUT2D eigenvalue weighted by molar-refractivity contribution is 0.0593. The molecular formula is C21H26O2. The maximum atomic E-state index is 5.42. The summed E-state index contributed by atoms with van der Waals surface area (Å²) in [6.07, 6.45) is 0. The van der Waals surface area contributed by atoms with E-state index in [1.54, 1.807) is 0 Å². The van der Waals surface area contributed by atoms with Gasteiger partial charge < -0.3 is 0 Å². The van der Waals surface area contributed by atoms with Crippen LogP contribution in [0.5, 0.6) is 0 Å². The Bertz CT molecular complexity index is 789. The molecule has 122 valence electrons. The van der Waals surface area contributed by atoms with Crippen LogP contribution in [0.1, 0.15) is 76.0 Å². The second-order valence-corrected chi connectivity index (χ2v) is 7.30. The molecule has 0 unspecified atom stereocenters. The maximum absolute atomic E-state index is 5.42. The molecule has 2 aromatic carbocycles. The maximum Gasteiger partial charge on any atom is 0.233 e. The molecule has 0 radical (unpaired) electrons. The van der Waals surface area contributed by atoms with E-state index in [1.807, 2.05) is 6.07 Å². The van der Waals surface area contributed by atoms with Crippen LogP contribution in [0, 0.1) is 0 Å². The lowest BCUT2D eigenvalue weighted by Crippen LogP contribution is -2.04. The van der Waals surface area contributed by atoms with Crippen molar-refractivity contribution in [3.05, 3.63) is 47.0 Å². The molecule has 0 fully saturated rings. The first-order valence-corrected chi connectivity index (χ1v) is 8.56. The highest BCUT2D eigenvalue weighted by molar-refractivity contribution is 5.94. The molecule has 0 atom stereocenters. The van der Waals surface area contributed by atoms with E-state index in [0.717, 1.165) is 11.2 Å². The number of rotatable bonds is 4. The van der Waals surface area contributed by atoms with Crippen LogP contribution in [-0.2, 0) is 0 Å². The Morgan fingerprint density at radius 2 is 1.13 bits per heavy atom. The highest BCUT2D eigenvalue weighted by Gasteiger charge is 2.24. The van der Waals surface area contributed by atoms with E-state index in [1.165, 1.54) is 27.8 Å². The van der Waals surface area contributed by atoms with Crippen LogP contribution < -0.4 is 0 Å². The van der Waals surface area contributed by atoms with E-state index in [9.17, 15) is 0 Å². The lowest BCUT2D eigenvalue weighted by atomic mass is 9.81. The fraction of sp³-hybridized carbons (Fsp3) is 0.429. The summed E-state index contributed by atoms with van der Waals surface area (Å²) in [5, 5.41) is 0. The van der Waals surface area contributed by atoms with Gasteiger partial charge in [0.1, 0.15) is 0 Å². The van der Waals surface area contributed by atoms with Gasteiger partial charge in [0.2, 0.25) is 11.2 Å². The summed E-state index contributed by atoms with van der Waals surface area (Å²) in [5.41, 5.74) is 8.37. The minimum atomic E-state index is 0.430. The summed E-state index contributed by atoms with van der Waals surface area (Å²) in [5.74, 6) is 1.35. The normalized spacial score (nSPS) is 12.2. The summed E-state index contributed by atoms with van der Waals surface area (Å²) < 4.78 is 10.6. The van der Waals surface area contributed by atoms with Crippen LogP contribution >= 0.6 is 0 Å². The summed E-state index contributed by atoms with van der Waals surface area (Å²) in [7, 11) is 0. The van der Waals surface area contributed by atoms with Gasteiger partial charge >= 0.3 is 0 Å². The quantitative estimate of drug-likeness (QED) is 0.482. The molecule has 1 heterocycles. The SMILES string of the molecule is CC(C)c1cccc(C(C)C)c1-c1c(C(C)C)ccc2ooc12. The molecule has 0 spiro atoms. The molecule has 0 aliphatic carbocycles. The van der Waals surface area contributed by atoms with E-state index in [2.05, 4.69) is 65.8 Å². The topological polar surface area (TPSA) is 26.3 Å². The van der Waals surface area contributed by atoms with Crippen LogP contribution in [0.25, 0.3) is 22.3 Å². The van der Waals surface area contributed by atoms with E-state index in [0.29, 0.717) is 17.8 Å². The first kappa shape index (κ1) is 15.9. The third-order valence-electron chi connectivity index (χ3n) is 4.61. The molecule has 3 aromatic rings. The molecule has 0 bridgehead atoms. The zero-order valence-electron chi connectivity index (χ0n) is 14.9. The standard InChI is InChI=1S/C21H26O2/c1-12(2)15-8-7-9-16(13(3)4)19(15)20-17(14(5)6)10-11-18-21(20)23-22-18/h7-14H,1-6H3. The number of hydrogen-bond donors (Lipinski definition) is 0. The molecule has 2 nitrogen and oxygen atoms in total. The Hall–Kier alpha value is -1.96. The van der Waals surface area contributed by atoms with Gasteiger partial charge in [-0.1, -0.05) is 65.8 Å². The summed E-state index contributed by atoms with van der Waals surface area (Å²) >= 11 is 0. The molecule has 1 aromatic heterocycles. The molecule has 0 aliphatic rings. The van der Waals surface area contributed by atoms with Gasteiger partial charge in [0.15, 0.2) is 0 Å². The fourth-order valence-electron chi connectivity index (χ4n) is 3.36. The van der Waals surface area contributed by atoms with Crippen LogP contribution in [0.2, 0.25) is 0 Å². The van der Waals surface area contributed by atoms with Crippen LogP contribution in [0.15, 0.2) is 39.5 Å². The van der Waals surface area contributed by atoms with E-state index >= 15 is 0 Å². The third-order valence-corrected chi connectivity index (χ3v) is 4.61. The van der Waals surface area contributed by atoms with E-state index in [4.69, 9.17) is 9.15 Å². The summed E-state index contributed by atoms with van der Waals surface area (Å²) in [4.78, 5) is 0. The molecular weight excluding hydrogens is 284 g/mol. The van der Waals surface area contributed by atoms with Gasteiger partial charge in [0, 0.05) is 5.56 Å². The van der Waals surface area contributed by atoms with Gasteiger partial charge in [-0.2, -0.15) is 0 Å². The van der Waals surface area contributed by atoms with Crippen molar-refractivity contribution >= 4 is 11.2 Å². The minimum absolute atomic E-state index is 0.430. The zero-order valence-corrected chi connectivity index (χ0v) is 14.9. The third kappa shape index (κ3) is 2.60. The van der Waals surface area contributed by atoms with E-state index in [-0.39, 0.29) is 0 Å². The smallest absolute Gasteiger partial charge is 0.233 e. The summed E-state index contributed by atoms with van der Waals surface area (Å²) in [6, 6.07) is 10.9. The van der Waals surface area contributed by atoms with Crippen molar-refractivity contribution in [1.82, 2.24) is 0 Å². The van der Waals surface area contributed by atoms with Gasteiger partial charge in [0.05, 0.1) is 0 Å². The van der Waals surface area contributed by atoms with Crippen molar-refractivity contribution in [3.63, 3.8) is 0 Å². The average Bonchev–Trinajstić information content (AvgIpc) is 2.46. The van der Waals surface area contributed by atoms with Gasteiger partial charge in [-0.25, -0.2) is 0 Å².